The van der Waals surface area contributed by atoms with Gasteiger partial charge in [-0.1, -0.05) is 19.3 Å². The topological polar surface area (TPSA) is 37.3 Å². The van der Waals surface area contributed by atoms with E-state index in [-0.39, 0.29) is 10.5 Å². The van der Waals surface area contributed by atoms with Crippen LogP contribution in [0.1, 0.15) is 37.7 Å². The molecule has 0 radical (unpaired) electrons. The molecule has 104 valence electrons. The Hall–Kier alpha value is -1.10. The van der Waals surface area contributed by atoms with E-state index in [2.05, 4.69) is 0 Å². The summed E-state index contributed by atoms with van der Waals surface area (Å²) < 4.78 is 28.0. The molecule has 5 heteroatoms. The van der Waals surface area contributed by atoms with Crippen molar-refractivity contribution in [3.8, 4) is 0 Å². The van der Waals surface area contributed by atoms with Crippen LogP contribution < -0.4 is 0 Å². The molecule has 0 aliphatic heterocycles. The first kappa shape index (κ1) is 14.3. The summed E-state index contributed by atoms with van der Waals surface area (Å²) in [5.41, 5.74) is -1.27. The van der Waals surface area contributed by atoms with Crippen LogP contribution >= 0.6 is 11.8 Å². The van der Waals surface area contributed by atoms with Crippen molar-refractivity contribution in [2.24, 2.45) is 0 Å². The highest BCUT2D eigenvalue weighted by molar-refractivity contribution is 7.98. The van der Waals surface area contributed by atoms with E-state index >= 15 is 0 Å². The van der Waals surface area contributed by atoms with E-state index in [1.165, 1.54) is 0 Å². The number of carboxylic acid groups (broad SMARTS) is 1. The van der Waals surface area contributed by atoms with Gasteiger partial charge in [0.15, 0.2) is 0 Å². The van der Waals surface area contributed by atoms with Crippen molar-refractivity contribution in [2.75, 3.05) is 6.26 Å². The number of rotatable bonds is 3. The zero-order chi connectivity index (χ0) is 14.0. The fraction of sp³-hybridized carbons (Fsp3) is 0.500. The molecular formula is C14H16F2O2S. The summed E-state index contributed by atoms with van der Waals surface area (Å²) in [4.78, 5) is 11.8. The van der Waals surface area contributed by atoms with E-state index in [1.807, 2.05) is 0 Å². The molecule has 0 saturated heterocycles. The zero-order valence-electron chi connectivity index (χ0n) is 10.7. The number of thioether (sulfide) groups is 1. The highest BCUT2D eigenvalue weighted by atomic mass is 32.2. The average molecular weight is 286 g/mol. The number of benzene rings is 1. The van der Waals surface area contributed by atoms with Crippen LogP contribution in [0.3, 0.4) is 0 Å². The number of hydrogen-bond donors (Lipinski definition) is 1. The van der Waals surface area contributed by atoms with Gasteiger partial charge < -0.3 is 5.11 Å². The van der Waals surface area contributed by atoms with Crippen molar-refractivity contribution in [1.82, 2.24) is 0 Å². The van der Waals surface area contributed by atoms with Crippen molar-refractivity contribution in [1.29, 1.82) is 0 Å². The van der Waals surface area contributed by atoms with Gasteiger partial charge in [0.05, 0.1) is 5.41 Å². The first-order valence-electron chi connectivity index (χ1n) is 6.28. The van der Waals surface area contributed by atoms with E-state index < -0.39 is 23.0 Å². The Labute approximate surface area is 115 Å². The molecule has 1 aromatic carbocycles. The smallest absolute Gasteiger partial charge is 0.314 e. The third kappa shape index (κ3) is 2.48. The molecule has 1 aliphatic rings. The lowest BCUT2D eigenvalue weighted by Crippen LogP contribution is -2.39. The molecule has 1 N–H and O–H groups in total. The molecule has 19 heavy (non-hydrogen) atoms. The monoisotopic (exact) mass is 286 g/mol. The van der Waals surface area contributed by atoms with Crippen LogP contribution in [0, 0.1) is 11.6 Å². The maximum Gasteiger partial charge on any atom is 0.314 e. The van der Waals surface area contributed by atoms with Crippen LogP contribution in [0.25, 0.3) is 0 Å². The molecule has 2 rings (SSSR count). The predicted octanol–water partition coefficient (Wildman–Crippen LogP) is 3.97. The lowest BCUT2D eigenvalue weighted by atomic mass is 9.69. The van der Waals surface area contributed by atoms with Crippen LogP contribution in [-0.4, -0.2) is 17.3 Å². The van der Waals surface area contributed by atoms with Gasteiger partial charge in [0, 0.05) is 10.5 Å². The summed E-state index contributed by atoms with van der Waals surface area (Å²) >= 11 is 1.09. The quantitative estimate of drug-likeness (QED) is 0.854. The molecule has 0 spiro atoms. The molecule has 2 nitrogen and oxygen atoms in total. The van der Waals surface area contributed by atoms with Crippen molar-refractivity contribution in [2.45, 2.75) is 42.4 Å². The van der Waals surface area contributed by atoms with Crippen molar-refractivity contribution < 1.29 is 18.7 Å². The Bertz CT molecular complexity index is 496. The third-order valence-electron chi connectivity index (χ3n) is 3.86. The van der Waals surface area contributed by atoms with Gasteiger partial charge in [-0.05, 0) is 31.2 Å². The Kier molecular flexibility index (Phi) is 4.13. The fourth-order valence-corrected chi connectivity index (χ4v) is 3.33. The van der Waals surface area contributed by atoms with E-state index in [4.69, 9.17) is 0 Å². The SMILES string of the molecule is CSc1cc(F)cc(C2(C(=O)O)CCCCC2)c1F. The predicted molar refractivity (Wildman–Crippen MR) is 70.5 cm³/mol. The van der Waals surface area contributed by atoms with E-state index in [9.17, 15) is 18.7 Å². The molecule has 0 bridgehead atoms. The second-order valence-electron chi connectivity index (χ2n) is 4.92. The first-order chi connectivity index (χ1) is 9.01. The number of carbonyl (C=O) groups is 1. The van der Waals surface area contributed by atoms with Crippen molar-refractivity contribution >= 4 is 17.7 Å². The molecule has 0 amide bonds. The molecule has 0 unspecified atom stereocenters. The Morgan fingerprint density at radius 1 is 1.26 bits per heavy atom. The summed E-state index contributed by atoms with van der Waals surface area (Å²) in [5, 5.41) is 9.53. The molecule has 1 saturated carbocycles. The number of hydrogen-bond acceptors (Lipinski definition) is 2. The standard InChI is InChI=1S/C14H16F2O2S/c1-19-11-8-9(15)7-10(12(11)16)14(13(17)18)5-3-2-4-6-14/h7-8H,2-6H2,1H3,(H,17,18). The number of carboxylic acids is 1. The minimum atomic E-state index is -1.27. The van der Waals surface area contributed by atoms with Gasteiger partial charge in [-0.25, -0.2) is 8.78 Å². The highest BCUT2D eigenvalue weighted by Crippen LogP contribution is 2.42. The van der Waals surface area contributed by atoms with Crippen LogP contribution in [0.2, 0.25) is 0 Å². The van der Waals surface area contributed by atoms with Gasteiger partial charge in [-0.15, -0.1) is 11.8 Å². The molecule has 1 aromatic rings. The maximum atomic E-state index is 14.4. The molecule has 0 aromatic heterocycles. The molecular weight excluding hydrogens is 270 g/mol. The summed E-state index contributed by atoms with van der Waals surface area (Å²) in [7, 11) is 0. The number of halogens is 2. The maximum absolute atomic E-state index is 14.4. The Morgan fingerprint density at radius 2 is 1.89 bits per heavy atom. The van der Waals surface area contributed by atoms with Crippen LogP contribution in [0.5, 0.6) is 0 Å². The van der Waals surface area contributed by atoms with Gasteiger partial charge >= 0.3 is 5.97 Å². The zero-order valence-corrected chi connectivity index (χ0v) is 11.5. The second-order valence-corrected chi connectivity index (χ2v) is 5.77. The minimum Gasteiger partial charge on any atom is -0.481 e. The summed E-state index contributed by atoms with van der Waals surface area (Å²) in [6.07, 6.45) is 4.80. The van der Waals surface area contributed by atoms with Crippen molar-refractivity contribution in [3.05, 3.63) is 29.3 Å². The van der Waals surface area contributed by atoms with Gasteiger partial charge in [0.2, 0.25) is 0 Å². The van der Waals surface area contributed by atoms with Crippen LogP contribution in [-0.2, 0) is 10.2 Å². The molecule has 0 heterocycles. The largest absolute Gasteiger partial charge is 0.481 e. The Balaban J connectivity index is 2.59. The van der Waals surface area contributed by atoms with E-state index in [0.717, 1.165) is 43.2 Å². The third-order valence-corrected chi connectivity index (χ3v) is 4.59. The van der Waals surface area contributed by atoms with Gasteiger partial charge in [0.1, 0.15) is 11.6 Å². The summed E-state index contributed by atoms with van der Waals surface area (Å²) in [6.45, 7) is 0. The van der Waals surface area contributed by atoms with Gasteiger partial charge in [-0.3, -0.25) is 4.79 Å². The molecule has 0 atom stereocenters. The summed E-state index contributed by atoms with van der Waals surface area (Å²) in [5.74, 6) is -2.21. The van der Waals surface area contributed by atoms with E-state index in [0.29, 0.717) is 12.8 Å². The van der Waals surface area contributed by atoms with Crippen LogP contribution in [0.4, 0.5) is 8.78 Å². The highest BCUT2D eigenvalue weighted by Gasteiger charge is 2.43. The lowest BCUT2D eigenvalue weighted by molar-refractivity contribution is -0.145. The van der Waals surface area contributed by atoms with Crippen LogP contribution in [0.15, 0.2) is 17.0 Å². The summed E-state index contributed by atoms with van der Waals surface area (Å²) in [6, 6.07) is 2.16. The molecule has 1 aliphatic carbocycles. The van der Waals surface area contributed by atoms with Crippen molar-refractivity contribution in [3.63, 3.8) is 0 Å². The average Bonchev–Trinajstić information content (AvgIpc) is 2.41. The first-order valence-corrected chi connectivity index (χ1v) is 7.50. The lowest BCUT2D eigenvalue weighted by Gasteiger charge is -2.34. The second kappa shape index (κ2) is 5.49. The van der Waals surface area contributed by atoms with Gasteiger partial charge in [0.25, 0.3) is 0 Å². The minimum absolute atomic E-state index is 0.00375. The Morgan fingerprint density at radius 3 is 2.42 bits per heavy atom. The van der Waals surface area contributed by atoms with Gasteiger partial charge in [-0.2, -0.15) is 0 Å². The normalized spacial score (nSPS) is 18.3. The number of aliphatic carboxylic acids is 1. The van der Waals surface area contributed by atoms with E-state index in [1.54, 1.807) is 6.26 Å². The fourth-order valence-electron chi connectivity index (χ4n) is 2.81. The molecule has 1 fully saturated rings.